The summed E-state index contributed by atoms with van der Waals surface area (Å²) in [5.74, 6) is 0.308. The predicted molar refractivity (Wildman–Crippen MR) is 68.2 cm³/mol. The number of rotatable bonds is 6. The second-order valence-corrected chi connectivity index (χ2v) is 5.80. The molecule has 0 saturated heterocycles. The Morgan fingerprint density at radius 2 is 2.11 bits per heavy atom. The Bertz CT molecular complexity index is 625. The number of nitrogens with one attached hydrogen (secondary N) is 2. The van der Waals surface area contributed by atoms with Crippen molar-refractivity contribution in [1.29, 1.82) is 0 Å². The van der Waals surface area contributed by atoms with Crippen LogP contribution >= 0.6 is 0 Å². The van der Waals surface area contributed by atoms with Crippen molar-refractivity contribution in [2.75, 3.05) is 0 Å². The Hall–Kier alpha value is -1.77. The first-order valence-electron chi connectivity index (χ1n) is 5.59. The third-order valence-electron chi connectivity index (χ3n) is 2.46. The van der Waals surface area contributed by atoms with Gasteiger partial charge < -0.3 is 5.11 Å². The van der Waals surface area contributed by atoms with Crippen LogP contribution in [0.25, 0.3) is 0 Å². The van der Waals surface area contributed by atoms with Gasteiger partial charge in [0, 0.05) is 0 Å². The lowest BCUT2D eigenvalue weighted by Gasteiger charge is -2.06. The molecule has 2 rings (SSSR count). The summed E-state index contributed by atoms with van der Waals surface area (Å²) in [6.07, 6.45) is 1.31. The standard InChI is InChI=1S/C11H14N4O3S/c16-6-9-2-1-3-10(4-9)7-19(17,18)14-5-11-12-8-13-15-11/h1-4,8,14,16H,5-7H2,(H,12,13,15). The van der Waals surface area contributed by atoms with Crippen molar-refractivity contribution < 1.29 is 13.5 Å². The van der Waals surface area contributed by atoms with Crippen LogP contribution in [0.5, 0.6) is 0 Å². The van der Waals surface area contributed by atoms with Gasteiger partial charge in [-0.1, -0.05) is 24.3 Å². The van der Waals surface area contributed by atoms with E-state index in [9.17, 15) is 8.42 Å². The van der Waals surface area contributed by atoms with Crippen molar-refractivity contribution in [3.8, 4) is 0 Å². The first-order chi connectivity index (χ1) is 9.09. The number of hydrogen-bond donors (Lipinski definition) is 3. The maximum Gasteiger partial charge on any atom is 0.216 e. The number of aliphatic hydroxyl groups is 1. The highest BCUT2D eigenvalue weighted by molar-refractivity contribution is 7.88. The van der Waals surface area contributed by atoms with E-state index in [1.54, 1.807) is 24.3 Å². The first-order valence-corrected chi connectivity index (χ1v) is 7.24. The molecule has 102 valence electrons. The molecule has 0 atom stereocenters. The molecular formula is C11H14N4O3S. The number of aromatic nitrogens is 3. The zero-order valence-corrected chi connectivity index (χ0v) is 10.9. The highest BCUT2D eigenvalue weighted by Gasteiger charge is 2.12. The number of benzene rings is 1. The van der Waals surface area contributed by atoms with Gasteiger partial charge in [-0.2, -0.15) is 5.10 Å². The lowest BCUT2D eigenvalue weighted by atomic mass is 10.1. The third kappa shape index (κ3) is 4.12. The maximum absolute atomic E-state index is 11.9. The summed E-state index contributed by atoms with van der Waals surface area (Å²) in [6, 6.07) is 6.81. The molecule has 0 bridgehead atoms. The zero-order chi connectivity index (χ0) is 13.7. The lowest BCUT2D eigenvalue weighted by molar-refractivity contribution is 0.282. The Kier molecular flexibility index (Phi) is 4.25. The summed E-state index contributed by atoms with van der Waals surface area (Å²) >= 11 is 0. The maximum atomic E-state index is 11.9. The molecule has 1 aromatic heterocycles. The number of nitrogens with zero attached hydrogens (tertiary/aromatic N) is 2. The smallest absolute Gasteiger partial charge is 0.216 e. The molecule has 0 unspecified atom stereocenters. The van der Waals surface area contributed by atoms with Crippen molar-refractivity contribution in [2.45, 2.75) is 18.9 Å². The number of aliphatic hydroxyl groups excluding tert-OH is 1. The number of aromatic amines is 1. The van der Waals surface area contributed by atoms with Gasteiger partial charge in [0.1, 0.15) is 12.2 Å². The summed E-state index contributed by atoms with van der Waals surface area (Å²) < 4.78 is 26.1. The van der Waals surface area contributed by atoms with E-state index in [-0.39, 0.29) is 18.9 Å². The minimum absolute atomic E-state index is 0.0715. The molecule has 0 aliphatic carbocycles. The molecular weight excluding hydrogens is 268 g/mol. The monoisotopic (exact) mass is 282 g/mol. The second-order valence-electron chi connectivity index (χ2n) is 3.99. The van der Waals surface area contributed by atoms with E-state index in [0.29, 0.717) is 17.0 Å². The molecule has 0 amide bonds. The van der Waals surface area contributed by atoms with E-state index < -0.39 is 10.0 Å². The van der Waals surface area contributed by atoms with Crippen LogP contribution in [-0.4, -0.2) is 28.7 Å². The molecule has 0 radical (unpaired) electrons. The molecule has 8 heteroatoms. The van der Waals surface area contributed by atoms with Gasteiger partial charge in [0.15, 0.2) is 0 Å². The Balaban J connectivity index is 2.00. The van der Waals surface area contributed by atoms with Crippen LogP contribution in [0.1, 0.15) is 17.0 Å². The van der Waals surface area contributed by atoms with Crippen LogP contribution in [0.2, 0.25) is 0 Å². The average Bonchev–Trinajstić information content (AvgIpc) is 2.89. The molecule has 0 saturated carbocycles. The average molecular weight is 282 g/mol. The minimum atomic E-state index is -3.46. The predicted octanol–water partition coefficient (Wildman–Crippen LogP) is -0.0834. The molecule has 0 aliphatic heterocycles. The summed E-state index contributed by atoms with van der Waals surface area (Å²) in [5, 5.41) is 15.2. The van der Waals surface area contributed by atoms with Crippen molar-refractivity contribution in [1.82, 2.24) is 19.9 Å². The van der Waals surface area contributed by atoms with Crippen LogP contribution in [0, 0.1) is 0 Å². The van der Waals surface area contributed by atoms with E-state index >= 15 is 0 Å². The highest BCUT2D eigenvalue weighted by Crippen LogP contribution is 2.08. The van der Waals surface area contributed by atoms with Crippen LogP contribution in [0.15, 0.2) is 30.6 Å². The van der Waals surface area contributed by atoms with Crippen molar-refractivity contribution >= 4 is 10.0 Å². The molecule has 0 fully saturated rings. The van der Waals surface area contributed by atoms with Crippen molar-refractivity contribution in [2.24, 2.45) is 0 Å². The second kappa shape index (κ2) is 5.91. The fourth-order valence-corrected chi connectivity index (χ4v) is 2.66. The molecule has 0 aliphatic rings. The molecule has 19 heavy (non-hydrogen) atoms. The summed E-state index contributed by atoms with van der Waals surface area (Å²) in [6.45, 7) is -0.0403. The number of H-pyrrole nitrogens is 1. The summed E-state index contributed by atoms with van der Waals surface area (Å²) in [7, 11) is -3.46. The third-order valence-corrected chi connectivity index (χ3v) is 3.75. The number of hydrogen-bond acceptors (Lipinski definition) is 5. The molecule has 1 heterocycles. The zero-order valence-electron chi connectivity index (χ0n) is 10.1. The van der Waals surface area contributed by atoms with Gasteiger partial charge in [-0.25, -0.2) is 18.1 Å². The van der Waals surface area contributed by atoms with Crippen LogP contribution in [0.4, 0.5) is 0 Å². The Morgan fingerprint density at radius 1 is 1.32 bits per heavy atom. The van der Waals surface area contributed by atoms with Gasteiger partial charge in [0.25, 0.3) is 0 Å². The van der Waals surface area contributed by atoms with Gasteiger partial charge >= 0.3 is 0 Å². The van der Waals surface area contributed by atoms with Crippen molar-refractivity contribution in [3.63, 3.8) is 0 Å². The highest BCUT2D eigenvalue weighted by atomic mass is 32.2. The molecule has 7 nitrogen and oxygen atoms in total. The fraction of sp³-hybridized carbons (Fsp3) is 0.273. The molecule has 3 N–H and O–H groups in total. The molecule has 2 aromatic rings. The normalized spacial score (nSPS) is 11.6. The molecule has 0 spiro atoms. The number of sulfonamides is 1. The summed E-state index contributed by atoms with van der Waals surface area (Å²) in [5.41, 5.74) is 1.31. The molecule has 1 aromatic carbocycles. The van der Waals surface area contributed by atoms with Gasteiger partial charge in [-0.3, -0.25) is 5.10 Å². The topological polar surface area (TPSA) is 108 Å². The summed E-state index contributed by atoms with van der Waals surface area (Å²) in [4.78, 5) is 3.83. The lowest BCUT2D eigenvalue weighted by Crippen LogP contribution is -2.25. The first kappa shape index (κ1) is 13.7. The van der Waals surface area contributed by atoms with Crippen LogP contribution in [0.3, 0.4) is 0 Å². The van der Waals surface area contributed by atoms with Gasteiger partial charge in [0.2, 0.25) is 10.0 Å². The van der Waals surface area contributed by atoms with E-state index in [2.05, 4.69) is 19.9 Å². The van der Waals surface area contributed by atoms with Gasteiger partial charge in [-0.15, -0.1) is 0 Å². The quantitative estimate of drug-likeness (QED) is 0.686. The van der Waals surface area contributed by atoms with E-state index in [1.807, 2.05) is 0 Å². The van der Waals surface area contributed by atoms with Crippen LogP contribution < -0.4 is 4.72 Å². The Morgan fingerprint density at radius 3 is 2.79 bits per heavy atom. The van der Waals surface area contributed by atoms with Gasteiger partial charge in [-0.05, 0) is 11.1 Å². The largest absolute Gasteiger partial charge is 0.392 e. The SMILES string of the molecule is O=S(=O)(Cc1cccc(CO)c1)NCc1ncn[nH]1. The van der Waals surface area contributed by atoms with E-state index in [0.717, 1.165) is 0 Å². The fourth-order valence-electron chi connectivity index (χ4n) is 1.58. The minimum Gasteiger partial charge on any atom is -0.392 e. The Labute approximate surface area is 110 Å². The van der Waals surface area contributed by atoms with Crippen LogP contribution in [-0.2, 0) is 28.9 Å². The van der Waals surface area contributed by atoms with Gasteiger partial charge in [0.05, 0.1) is 18.9 Å². The van der Waals surface area contributed by atoms with Crippen molar-refractivity contribution in [3.05, 3.63) is 47.5 Å². The van der Waals surface area contributed by atoms with E-state index in [4.69, 9.17) is 5.11 Å². The van der Waals surface area contributed by atoms with E-state index in [1.165, 1.54) is 6.33 Å².